The van der Waals surface area contributed by atoms with Crippen LogP contribution >= 0.6 is 0 Å². The number of carbonyl (C=O) groups is 2. The van der Waals surface area contributed by atoms with Crippen molar-refractivity contribution in [2.24, 2.45) is 39.7 Å². The predicted molar refractivity (Wildman–Crippen MR) is 116 cm³/mol. The zero-order valence-electron chi connectivity index (χ0n) is 19.2. The van der Waals surface area contributed by atoms with E-state index in [9.17, 15) is 9.59 Å². The molecule has 0 amide bonds. The first-order valence-electron chi connectivity index (χ1n) is 12.6. The lowest BCUT2D eigenvalue weighted by atomic mass is 9.45. The molecule has 4 aliphatic carbocycles. The number of esters is 1. The summed E-state index contributed by atoms with van der Waals surface area (Å²) in [5.41, 5.74) is 1.14. The molecular formula is C25H39N2O4+. The lowest BCUT2D eigenvalue weighted by Gasteiger charge is -2.60. The van der Waals surface area contributed by atoms with Crippen molar-refractivity contribution in [2.45, 2.75) is 84.2 Å². The Morgan fingerprint density at radius 2 is 2.00 bits per heavy atom. The molecule has 6 nitrogen and oxygen atoms in total. The molecule has 2 N–H and O–H groups in total. The number of carbonyl (C=O) groups excluding carboxylic acids is 2. The van der Waals surface area contributed by atoms with Gasteiger partial charge >= 0.3 is 5.97 Å². The molecule has 0 aromatic heterocycles. The van der Waals surface area contributed by atoms with Crippen LogP contribution in [0.2, 0.25) is 0 Å². The Labute approximate surface area is 185 Å². The molecule has 1 heterocycles. The highest BCUT2D eigenvalue weighted by molar-refractivity contribution is 5.87. The van der Waals surface area contributed by atoms with Crippen LogP contribution in [0.25, 0.3) is 0 Å². The SMILES string of the molecule is CC(=O)OC[C@]12CCC(=NO[C@@H]3CC[NH2+]C3)C[C@@H]1CCC1C2CC[C@]2(C)C(=O)CCC12. The van der Waals surface area contributed by atoms with Crippen molar-refractivity contribution in [1.82, 2.24) is 0 Å². The highest BCUT2D eigenvalue weighted by atomic mass is 16.6. The number of quaternary nitrogens is 1. The lowest BCUT2D eigenvalue weighted by molar-refractivity contribution is -0.638. The summed E-state index contributed by atoms with van der Waals surface area (Å²) in [6, 6.07) is 0. The maximum Gasteiger partial charge on any atom is 0.302 e. The van der Waals surface area contributed by atoms with Crippen molar-refractivity contribution < 1.29 is 24.5 Å². The summed E-state index contributed by atoms with van der Waals surface area (Å²) in [6.07, 6.45) is 10.6. The van der Waals surface area contributed by atoms with Crippen molar-refractivity contribution >= 4 is 17.5 Å². The molecule has 1 aliphatic heterocycles. The standard InChI is InChI=1S/C25H38N2O4/c1-16(28)30-15-25-11-7-18(27-31-19-9-12-26-14-19)13-17(25)3-4-20-21-5-6-23(29)24(21,2)10-8-22(20)25/h17,19-22,26H,3-15H2,1-2H3/p+1/t17-,19+,20?,21?,22?,24-,25+/m0/s1. The third-order valence-corrected chi connectivity index (χ3v) is 9.90. The maximum atomic E-state index is 12.7. The number of ether oxygens (including phenoxy) is 1. The van der Waals surface area contributed by atoms with Crippen molar-refractivity contribution in [2.75, 3.05) is 19.7 Å². The molecule has 5 fully saturated rings. The van der Waals surface area contributed by atoms with Crippen LogP contribution < -0.4 is 5.32 Å². The molecule has 0 spiro atoms. The molecule has 4 saturated carbocycles. The highest BCUT2D eigenvalue weighted by Crippen LogP contribution is 2.65. The van der Waals surface area contributed by atoms with E-state index in [1.807, 2.05) is 0 Å². The van der Waals surface area contributed by atoms with E-state index in [0.29, 0.717) is 36.1 Å². The fourth-order valence-electron chi connectivity index (χ4n) is 8.20. The first-order chi connectivity index (χ1) is 14.9. The number of nitrogens with two attached hydrogens (primary N) is 1. The molecule has 0 radical (unpaired) electrons. The van der Waals surface area contributed by atoms with Gasteiger partial charge in [0, 0.05) is 30.6 Å². The van der Waals surface area contributed by atoms with E-state index in [0.717, 1.165) is 70.9 Å². The topological polar surface area (TPSA) is 81.6 Å². The van der Waals surface area contributed by atoms with Crippen LogP contribution in [0.3, 0.4) is 0 Å². The Balaban J connectivity index is 1.37. The number of ketones is 1. The van der Waals surface area contributed by atoms with Crippen LogP contribution in [0.5, 0.6) is 0 Å². The van der Waals surface area contributed by atoms with Gasteiger partial charge in [-0.05, 0) is 75.0 Å². The number of fused-ring (bicyclic) bond motifs is 5. The first-order valence-corrected chi connectivity index (χ1v) is 12.6. The van der Waals surface area contributed by atoms with E-state index in [-0.39, 0.29) is 22.9 Å². The van der Waals surface area contributed by atoms with Crippen molar-refractivity contribution in [3.63, 3.8) is 0 Å². The Morgan fingerprint density at radius 3 is 2.77 bits per heavy atom. The summed E-state index contributed by atoms with van der Waals surface area (Å²) < 4.78 is 5.74. The van der Waals surface area contributed by atoms with E-state index in [1.54, 1.807) is 0 Å². The molecule has 172 valence electrons. The molecule has 0 aromatic carbocycles. The van der Waals surface area contributed by atoms with Gasteiger partial charge in [-0.2, -0.15) is 0 Å². The van der Waals surface area contributed by atoms with Gasteiger partial charge in [-0.3, -0.25) is 9.59 Å². The van der Waals surface area contributed by atoms with E-state index in [4.69, 9.17) is 9.57 Å². The Morgan fingerprint density at radius 1 is 1.13 bits per heavy atom. The summed E-state index contributed by atoms with van der Waals surface area (Å²) in [4.78, 5) is 30.4. The Kier molecular flexibility index (Phi) is 5.64. The second-order valence-corrected chi connectivity index (χ2v) is 11.3. The van der Waals surface area contributed by atoms with Gasteiger partial charge in [-0.15, -0.1) is 0 Å². The van der Waals surface area contributed by atoms with Gasteiger partial charge in [-0.1, -0.05) is 12.1 Å². The van der Waals surface area contributed by atoms with Gasteiger partial charge in [-0.25, -0.2) is 0 Å². The number of oxime groups is 1. The molecule has 0 aromatic rings. The molecule has 0 bridgehead atoms. The number of hydrogen-bond acceptors (Lipinski definition) is 5. The average Bonchev–Trinajstić information content (AvgIpc) is 3.38. The summed E-state index contributed by atoms with van der Waals surface area (Å²) in [6.45, 7) is 6.45. The van der Waals surface area contributed by atoms with Gasteiger partial charge in [0.05, 0.1) is 18.9 Å². The van der Waals surface area contributed by atoms with Gasteiger partial charge in [0.2, 0.25) is 0 Å². The second-order valence-electron chi connectivity index (χ2n) is 11.3. The van der Waals surface area contributed by atoms with Gasteiger partial charge in [0.15, 0.2) is 6.10 Å². The van der Waals surface area contributed by atoms with Crippen molar-refractivity contribution in [1.29, 1.82) is 0 Å². The van der Waals surface area contributed by atoms with Crippen LogP contribution in [-0.4, -0.2) is 43.3 Å². The van der Waals surface area contributed by atoms with Crippen molar-refractivity contribution in [3.05, 3.63) is 0 Å². The monoisotopic (exact) mass is 431 g/mol. The average molecular weight is 432 g/mol. The Bertz CT molecular complexity index is 761. The van der Waals surface area contributed by atoms with E-state index in [2.05, 4.69) is 17.4 Å². The van der Waals surface area contributed by atoms with Crippen LogP contribution in [0.4, 0.5) is 0 Å². The number of rotatable bonds is 4. The zero-order valence-corrected chi connectivity index (χ0v) is 19.2. The molecule has 31 heavy (non-hydrogen) atoms. The molecule has 1 saturated heterocycles. The quantitative estimate of drug-likeness (QED) is 0.548. The lowest BCUT2D eigenvalue weighted by Crippen LogP contribution is -2.81. The maximum absolute atomic E-state index is 12.7. The predicted octanol–water partition coefficient (Wildman–Crippen LogP) is 2.85. The molecule has 6 heteroatoms. The number of nitrogens with zero attached hydrogens (tertiary/aromatic N) is 1. The minimum Gasteiger partial charge on any atom is -0.465 e. The minimum absolute atomic E-state index is 0.0434. The summed E-state index contributed by atoms with van der Waals surface area (Å²) in [7, 11) is 0. The Hall–Kier alpha value is -1.43. The summed E-state index contributed by atoms with van der Waals surface area (Å²) in [5.74, 6) is 2.49. The van der Waals surface area contributed by atoms with Crippen LogP contribution in [0.1, 0.15) is 78.1 Å². The van der Waals surface area contributed by atoms with E-state index in [1.165, 1.54) is 19.1 Å². The normalized spacial score (nSPS) is 45.7. The first kappa shape index (κ1) is 21.4. The highest BCUT2D eigenvalue weighted by Gasteiger charge is 2.61. The molecular weight excluding hydrogens is 392 g/mol. The van der Waals surface area contributed by atoms with Crippen molar-refractivity contribution in [3.8, 4) is 0 Å². The molecule has 3 unspecified atom stereocenters. The zero-order chi connectivity index (χ0) is 21.6. The number of Topliss-reactive ketones (excluding diaryl/α,β-unsaturated/α-hetero) is 1. The molecule has 5 rings (SSSR count). The smallest absolute Gasteiger partial charge is 0.302 e. The second kappa shape index (κ2) is 8.17. The molecule has 5 aliphatic rings. The van der Waals surface area contributed by atoms with Gasteiger partial charge < -0.3 is 14.9 Å². The van der Waals surface area contributed by atoms with Crippen LogP contribution in [0, 0.1) is 34.5 Å². The van der Waals surface area contributed by atoms with Crippen LogP contribution in [0.15, 0.2) is 5.16 Å². The number of hydrogen-bond donors (Lipinski definition) is 1. The fourth-order valence-corrected chi connectivity index (χ4v) is 8.20. The van der Waals surface area contributed by atoms with Crippen LogP contribution in [-0.2, 0) is 19.2 Å². The summed E-state index contributed by atoms with van der Waals surface area (Å²) >= 11 is 0. The third-order valence-electron chi connectivity index (χ3n) is 9.90. The summed E-state index contributed by atoms with van der Waals surface area (Å²) in [5, 5.41) is 6.90. The minimum atomic E-state index is -0.174. The van der Waals surface area contributed by atoms with Gasteiger partial charge in [0.1, 0.15) is 12.3 Å². The van der Waals surface area contributed by atoms with E-state index < -0.39 is 0 Å². The molecule has 7 atom stereocenters. The van der Waals surface area contributed by atoms with Gasteiger partial charge in [0.25, 0.3) is 0 Å². The van der Waals surface area contributed by atoms with E-state index >= 15 is 0 Å². The fraction of sp³-hybridized carbons (Fsp3) is 0.880. The largest absolute Gasteiger partial charge is 0.465 e. The third kappa shape index (κ3) is 3.63.